The van der Waals surface area contributed by atoms with E-state index in [0.29, 0.717) is 6.61 Å². The summed E-state index contributed by atoms with van der Waals surface area (Å²) >= 11 is 0. The van der Waals surface area contributed by atoms with E-state index < -0.39 is 6.29 Å². The fourth-order valence-electron chi connectivity index (χ4n) is 0.359. The minimum Gasteiger partial charge on any atom is -0.368 e. The van der Waals surface area contributed by atoms with Crippen LogP contribution >= 0.6 is 0 Å². The number of rotatable bonds is 4. The Kier molecular flexibility index (Phi) is 4.36. The third-order valence-electron chi connectivity index (χ3n) is 0.955. The lowest BCUT2D eigenvalue weighted by Crippen LogP contribution is -2.18. The van der Waals surface area contributed by atoms with Crippen LogP contribution < -0.4 is 0 Å². The van der Waals surface area contributed by atoms with Gasteiger partial charge in [0.2, 0.25) is 0 Å². The zero-order chi connectivity index (χ0) is 7.28. The van der Waals surface area contributed by atoms with Crippen LogP contribution in [0.25, 0.3) is 0 Å². The fourth-order valence-corrected chi connectivity index (χ4v) is 0.359. The van der Waals surface area contributed by atoms with Gasteiger partial charge in [0, 0.05) is 5.92 Å². The second-order valence-electron chi connectivity index (χ2n) is 2.26. The van der Waals surface area contributed by atoms with Gasteiger partial charge in [0.15, 0.2) is 6.29 Å². The molecule has 0 aliphatic rings. The summed E-state index contributed by atoms with van der Waals surface area (Å²) in [6, 6.07) is 0. The van der Waals surface area contributed by atoms with Gasteiger partial charge in [0.25, 0.3) is 0 Å². The van der Waals surface area contributed by atoms with E-state index in [1.807, 2.05) is 13.8 Å². The highest BCUT2D eigenvalue weighted by Crippen LogP contribution is 2.01. The Morgan fingerprint density at radius 3 is 2.56 bits per heavy atom. The van der Waals surface area contributed by atoms with Gasteiger partial charge in [0.1, 0.15) is 0 Å². The van der Waals surface area contributed by atoms with Crippen LogP contribution in [-0.2, 0) is 4.74 Å². The first kappa shape index (κ1) is 8.66. The Balaban J connectivity index is 3.26. The van der Waals surface area contributed by atoms with Crippen LogP contribution in [0.15, 0.2) is 12.7 Å². The zero-order valence-corrected chi connectivity index (χ0v) is 6.00. The van der Waals surface area contributed by atoms with Gasteiger partial charge in [0.05, 0.1) is 6.61 Å². The Morgan fingerprint density at radius 1 is 1.67 bits per heavy atom. The van der Waals surface area contributed by atoms with Crippen molar-refractivity contribution in [2.24, 2.45) is 5.92 Å². The highest BCUT2D eigenvalue weighted by atomic mass is 16.6. The molecular formula is C7H14O2. The summed E-state index contributed by atoms with van der Waals surface area (Å²) in [5, 5.41) is 8.99. The number of hydrogen-bond acceptors (Lipinski definition) is 2. The molecule has 0 saturated carbocycles. The Hall–Kier alpha value is -0.340. The molecule has 0 amide bonds. The van der Waals surface area contributed by atoms with Crippen LogP contribution in [0.1, 0.15) is 13.8 Å². The molecule has 54 valence electrons. The Bertz CT molecular complexity index is 79.0. The molecule has 0 aromatic carbocycles. The summed E-state index contributed by atoms with van der Waals surface area (Å²) in [7, 11) is 0. The number of ether oxygens (including phenoxy) is 1. The molecule has 0 rings (SSSR count). The lowest BCUT2D eigenvalue weighted by molar-refractivity contribution is -0.116. The van der Waals surface area contributed by atoms with Gasteiger partial charge in [-0.3, -0.25) is 0 Å². The van der Waals surface area contributed by atoms with Crippen molar-refractivity contribution in [3.05, 3.63) is 12.7 Å². The third-order valence-corrected chi connectivity index (χ3v) is 0.955. The molecule has 0 aromatic heterocycles. The summed E-state index contributed by atoms with van der Waals surface area (Å²) in [4.78, 5) is 0. The lowest BCUT2D eigenvalue weighted by atomic mass is 10.2. The SMILES string of the molecule is C=CCO[C@@H](O)C(C)C. The van der Waals surface area contributed by atoms with Crippen molar-refractivity contribution in [2.45, 2.75) is 20.1 Å². The number of hydrogen-bond donors (Lipinski definition) is 1. The van der Waals surface area contributed by atoms with Crippen molar-refractivity contribution < 1.29 is 9.84 Å². The van der Waals surface area contributed by atoms with Crippen molar-refractivity contribution in [3.8, 4) is 0 Å². The minimum absolute atomic E-state index is 0.157. The van der Waals surface area contributed by atoms with Crippen molar-refractivity contribution in [3.63, 3.8) is 0 Å². The summed E-state index contributed by atoms with van der Waals surface area (Å²) in [6.45, 7) is 7.67. The average molecular weight is 130 g/mol. The molecule has 0 bridgehead atoms. The smallest absolute Gasteiger partial charge is 0.157 e. The average Bonchev–Trinajstić information content (AvgIpc) is 1.82. The second-order valence-corrected chi connectivity index (χ2v) is 2.26. The van der Waals surface area contributed by atoms with Crippen molar-refractivity contribution in [1.29, 1.82) is 0 Å². The Morgan fingerprint density at radius 2 is 2.22 bits per heavy atom. The quantitative estimate of drug-likeness (QED) is 0.457. The van der Waals surface area contributed by atoms with E-state index in [2.05, 4.69) is 6.58 Å². The standard InChI is InChI=1S/C7H14O2/c1-4-5-9-7(8)6(2)3/h4,6-8H,1,5H2,2-3H3/t7-/m1/s1. The van der Waals surface area contributed by atoms with E-state index in [1.165, 1.54) is 0 Å². The highest BCUT2D eigenvalue weighted by molar-refractivity contribution is 4.64. The van der Waals surface area contributed by atoms with Gasteiger partial charge in [-0.15, -0.1) is 6.58 Å². The molecule has 0 unspecified atom stereocenters. The summed E-state index contributed by atoms with van der Waals surface area (Å²) < 4.78 is 4.89. The van der Waals surface area contributed by atoms with Gasteiger partial charge in [-0.2, -0.15) is 0 Å². The first-order chi connectivity index (χ1) is 4.18. The van der Waals surface area contributed by atoms with E-state index in [9.17, 15) is 0 Å². The normalized spacial score (nSPS) is 13.8. The van der Waals surface area contributed by atoms with Gasteiger partial charge in [-0.05, 0) is 0 Å². The molecule has 0 aliphatic carbocycles. The molecule has 0 spiro atoms. The molecule has 1 atom stereocenters. The topological polar surface area (TPSA) is 29.5 Å². The van der Waals surface area contributed by atoms with Crippen LogP contribution in [0.4, 0.5) is 0 Å². The number of aliphatic hydroxyl groups excluding tert-OH is 1. The van der Waals surface area contributed by atoms with Gasteiger partial charge in [-0.25, -0.2) is 0 Å². The largest absolute Gasteiger partial charge is 0.368 e. The summed E-state index contributed by atoms with van der Waals surface area (Å²) in [6.07, 6.45) is 0.967. The van der Waals surface area contributed by atoms with Crippen LogP contribution in [0, 0.1) is 5.92 Å². The van der Waals surface area contributed by atoms with E-state index >= 15 is 0 Å². The van der Waals surface area contributed by atoms with Crippen LogP contribution in [-0.4, -0.2) is 18.0 Å². The first-order valence-electron chi connectivity index (χ1n) is 3.09. The van der Waals surface area contributed by atoms with Gasteiger partial charge < -0.3 is 9.84 Å². The van der Waals surface area contributed by atoms with Crippen molar-refractivity contribution in [2.75, 3.05) is 6.61 Å². The molecule has 9 heavy (non-hydrogen) atoms. The molecule has 0 aliphatic heterocycles. The van der Waals surface area contributed by atoms with Crippen molar-refractivity contribution in [1.82, 2.24) is 0 Å². The minimum atomic E-state index is -0.650. The fraction of sp³-hybridized carbons (Fsp3) is 0.714. The lowest BCUT2D eigenvalue weighted by Gasteiger charge is -2.13. The van der Waals surface area contributed by atoms with Gasteiger partial charge in [-0.1, -0.05) is 19.9 Å². The third kappa shape index (κ3) is 4.18. The van der Waals surface area contributed by atoms with Crippen LogP contribution in [0.3, 0.4) is 0 Å². The predicted molar refractivity (Wildman–Crippen MR) is 37.0 cm³/mol. The molecule has 0 heterocycles. The maximum absolute atomic E-state index is 8.99. The molecule has 0 aromatic rings. The summed E-state index contributed by atoms with van der Waals surface area (Å²) in [5.74, 6) is 0.157. The molecule has 0 fully saturated rings. The predicted octanol–water partition coefficient (Wildman–Crippen LogP) is 1.16. The first-order valence-corrected chi connectivity index (χ1v) is 3.09. The molecule has 1 N–H and O–H groups in total. The van der Waals surface area contributed by atoms with E-state index in [0.717, 1.165) is 0 Å². The summed E-state index contributed by atoms with van der Waals surface area (Å²) in [5.41, 5.74) is 0. The van der Waals surface area contributed by atoms with E-state index in [-0.39, 0.29) is 5.92 Å². The maximum Gasteiger partial charge on any atom is 0.157 e. The highest BCUT2D eigenvalue weighted by Gasteiger charge is 2.06. The molecule has 0 radical (unpaired) electrons. The molecular weight excluding hydrogens is 116 g/mol. The maximum atomic E-state index is 8.99. The van der Waals surface area contributed by atoms with E-state index in [4.69, 9.17) is 9.84 Å². The van der Waals surface area contributed by atoms with Crippen LogP contribution in [0.5, 0.6) is 0 Å². The van der Waals surface area contributed by atoms with E-state index in [1.54, 1.807) is 6.08 Å². The van der Waals surface area contributed by atoms with Crippen LogP contribution in [0.2, 0.25) is 0 Å². The number of aliphatic hydroxyl groups is 1. The molecule has 2 nitrogen and oxygen atoms in total. The van der Waals surface area contributed by atoms with Gasteiger partial charge >= 0.3 is 0 Å². The molecule has 2 heteroatoms. The van der Waals surface area contributed by atoms with Crippen molar-refractivity contribution >= 4 is 0 Å². The Labute approximate surface area is 56.1 Å². The molecule has 0 saturated heterocycles. The monoisotopic (exact) mass is 130 g/mol. The zero-order valence-electron chi connectivity index (χ0n) is 6.00. The second kappa shape index (κ2) is 4.53.